The third-order valence-electron chi connectivity index (χ3n) is 4.59. The molecule has 23 heavy (non-hydrogen) atoms. The van der Waals surface area contributed by atoms with Gasteiger partial charge in [-0.05, 0) is 19.3 Å². The van der Waals surface area contributed by atoms with Gasteiger partial charge in [0.1, 0.15) is 5.82 Å². The standard InChI is InChI=1S/C15H20N4O4/c1-18-7-6-16-13(18)10-4-5-15(9-10,14(20)21)19-12(23-3)8-11(17-19)22-2/h6-8,10H,4-5,9H2,1-3H3,(H,20,21). The summed E-state index contributed by atoms with van der Waals surface area (Å²) in [6.07, 6.45) is 5.19. The molecule has 8 nitrogen and oxygen atoms in total. The third kappa shape index (κ3) is 2.34. The number of nitrogens with zero attached hydrogens (tertiary/aromatic N) is 4. The number of hydrogen-bond acceptors (Lipinski definition) is 5. The van der Waals surface area contributed by atoms with Crippen molar-refractivity contribution < 1.29 is 19.4 Å². The van der Waals surface area contributed by atoms with Crippen molar-refractivity contribution in [3.05, 3.63) is 24.3 Å². The van der Waals surface area contributed by atoms with E-state index in [0.29, 0.717) is 24.6 Å². The molecule has 1 fully saturated rings. The molecule has 0 radical (unpaired) electrons. The predicted octanol–water partition coefficient (Wildman–Crippen LogP) is 1.38. The first kappa shape index (κ1) is 15.4. The smallest absolute Gasteiger partial charge is 0.331 e. The number of hydrogen-bond donors (Lipinski definition) is 1. The van der Waals surface area contributed by atoms with Crippen LogP contribution in [0, 0.1) is 0 Å². The molecule has 2 heterocycles. The number of rotatable bonds is 5. The topological polar surface area (TPSA) is 91.4 Å². The van der Waals surface area contributed by atoms with Crippen molar-refractivity contribution in [1.82, 2.24) is 19.3 Å². The molecule has 0 saturated heterocycles. The molecule has 0 spiro atoms. The molecule has 2 aromatic rings. The Bertz CT molecular complexity index is 723. The van der Waals surface area contributed by atoms with Crippen molar-refractivity contribution in [2.24, 2.45) is 7.05 Å². The molecule has 1 N–H and O–H groups in total. The maximum atomic E-state index is 12.1. The largest absolute Gasteiger partial charge is 0.481 e. The highest BCUT2D eigenvalue weighted by Gasteiger charge is 2.50. The fourth-order valence-electron chi connectivity index (χ4n) is 3.39. The first-order valence-electron chi connectivity index (χ1n) is 7.41. The first-order valence-corrected chi connectivity index (χ1v) is 7.41. The van der Waals surface area contributed by atoms with E-state index < -0.39 is 11.5 Å². The SMILES string of the molecule is COc1cc(OC)n(C2(C(=O)O)CCC(c3nccn3C)C2)n1. The molecule has 1 aliphatic carbocycles. The zero-order chi connectivity index (χ0) is 16.6. The van der Waals surface area contributed by atoms with Crippen molar-refractivity contribution in [3.8, 4) is 11.8 Å². The van der Waals surface area contributed by atoms with Gasteiger partial charge in [-0.3, -0.25) is 0 Å². The number of imidazole rings is 1. The Kier molecular flexibility index (Phi) is 3.75. The minimum atomic E-state index is -1.15. The maximum absolute atomic E-state index is 12.1. The lowest BCUT2D eigenvalue weighted by Gasteiger charge is -2.26. The van der Waals surface area contributed by atoms with Gasteiger partial charge in [0.2, 0.25) is 11.8 Å². The molecule has 0 aromatic carbocycles. The molecule has 1 saturated carbocycles. The lowest BCUT2D eigenvalue weighted by molar-refractivity contribution is -0.148. The molecule has 0 aliphatic heterocycles. The van der Waals surface area contributed by atoms with Gasteiger partial charge in [0.05, 0.1) is 20.3 Å². The number of aryl methyl sites for hydroxylation is 1. The van der Waals surface area contributed by atoms with Crippen molar-refractivity contribution >= 4 is 5.97 Å². The Morgan fingerprint density at radius 2 is 2.22 bits per heavy atom. The van der Waals surface area contributed by atoms with Crippen LogP contribution in [0.3, 0.4) is 0 Å². The molecule has 0 amide bonds. The Labute approximate surface area is 133 Å². The summed E-state index contributed by atoms with van der Waals surface area (Å²) in [4.78, 5) is 16.5. The second-order valence-electron chi connectivity index (χ2n) is 5.81. The van der Waals surface area contributed by atoms with Crippen LogP contribution in [-0.4, -0.2) is 44.6 Å². The van der Waals surface area contributed by atoms with Crippen LogP contribution >= 0.6 is 0 Å². The van der Waals surface area contributed by atoms with Crippen LogP contribution in [0.4, 0.5) is 0 Å². The number of ether oxygens (including phenoxy) is 2. The second-order valence-corrected chi connectivity index (χ2v) is 5.81. The van der Waals surface area contributed by atoms with Crippen LogP contribution in [0.1, 0.15) is 31.0 Å². The van der Waals surface area contributed by atoms with Crippen LogP contribution in [0.25, 0.3) is 0 Å². The van der Waals surface area contributed by atoms with Gasteiger partial charge in [0.25, 0.3) is 0 Å². The van der Waals surface area contributed by atoms with Crippen LogP contribution < -0.4 is 9.47 Å². The number of carbonyl (C=O) groups is 1. The fraction of sp³-hybridized carbons (Fsp3) is 0.533. The van der Waals surface area contributed by atoms with Gasteiger partial charge in [-0.2, -0.15) is 0 Å². The van der Waals surface area contributed by atoms with E-state index in [-0.39, 0.29) is 5.92 Å². The molecular weight excluding hydrogens is 300 g/mol. The summed E-state index contributed by atoms with van der Waals surface area (Å²) < 4.78 is 13.8. The summed E-state index contributed by atoms with van der Waals surface area (Å²) in [5.74, 6) is 0.753. The molecule has 2 unspecified atom stereocenters. The van der Waals surface area contributed by atoms with Gasteiger partial charge in [-0.15, -0.1) is 5.10 Å². The van der Waals surface area contributed by atoms with Gasteiger partial charge in [0.15, 0.2) is 5.54 Å². The van der Waals surface area contributed by atoms with Gasteiger partial charge < -0.3 is 19.1 Å². The average molecular weight is 320 g/mol. The second kappa shape index (κ2) is 5.60. The van der Waals surface area contributed by atoms with Crippen LogP contribution in [-0.2, 0) is 17.4 Å². The lowest BCUT2D eigenvalue weighted by Crippen LogP contribution is -2.40. The van der Waals surface area contributed by atoms with Gasteiger partial charge in [-0.25, -0.2) is 14.5 Å². The molecule has 3 rings (SSSR count). The van der Waals surface area contributed by atoms with E-state index in [4.69, 9.17) is 9.47 Å². The van der Waals surface area contributed by atoms with Gasteiger partial charge in [0, 0.05) is 25.4 Å². The zero-order valence-electron chi connectivity index (χ0n) is 13.4. The molecule has 1 aliphatic rings. The zero-order valence-corrected chi connectivity index (χ0v) is 13.4. The Morgan fingerprint density at radius 1 is 1.43 bits per heavy atom. The third-order valence-corrected chi connectivity index (χ3v) is 4.59. The van der Waals surface area contributed by atoms with E-state index in [2.05, 4.69) is 10.1 Å². The van der Waals surface area contributed by atoms with Gasteiger partial charge >= 0.3 is 5.97 Å². The maximum Gasteiger partial charge on any atom is 0.331 e. The molecular formula is C15H20N4O4. The number of aromatic nitrogens is 4. The van der Waals surface area contributed by atoms with Crippen molar-refractivity contribution in [2.75, 3.05) is 14.2 Å². The van der Waals surface area contributed by atoms with Crippen molar-refractivity contribution in [1.29, 1.82) is 0 Å². The molecule has 0 bridgehead atoms. The number of methoxy groups -OCH3 is 2. The normalized spacial score (nSPS) is 23.9. The Hall–Kier alpha value is -2.51. The minimum Gasteiger partial charge on any atom is -0.481 e. The summed E-state index contributed by atoms with van der Waals surface area (Å²) in [6.45, 7) is 0. The summed E-state index contributed by atoms with van der Waals surface area (Å²) in [5.41, 5.74) is -1.15. The summed E-state index contributed by atoms with van der Waals surface area (Å²) in [6, 6.07) is 1.60. The predicted molar refractivity (Wildman–Crippen MR) is 80.7 cm³/mol. The van der Waals surface area contributed by atoms with E-state index in [1.165, 1.54) is 18.9 Å². The lowest BCUT2D eigenvalue weighted by atomic mass is 9.96. The van der Waals surface area contributed by atoms with E-state index in [1.807, 2.05) is 17.8 Å². The Balaban J connectivity index is 2.01. The highest BCUT2D eigenvalue weighted by molar-refractivity contribution is 5.77. The number of carboxylic acid groups (broad SMARTS) is 1. The highest BCUT2D eigenvalue weighted by atomic mass is 16.5. The van der Waals surface area contributed by atoms with Crippen LogP contribution in [0.5, 0.6) is 11.8 Å². The minimum absolute atomic E-state index is 0.0611. The fourth-order valence-corrected chi connectivity index (χ4v) is 3.39. The summed E-state index contributed by atoms with van der Waals surface area (Å²) in [7, 11) is 4.90. The summed E-state index contributed by atoms with van der Waals surface area (Å²) in [5, 5.41) is 14.2. The average Bonchev–Trinajstić information content (AvgIpc) is 3.23. The Morgan fingerprint density at radius 3 is 2.78 bits per heavy atom. The van der Waals surface area contributed by atoms with E-state index in [9.17, 15) is 9.90 Å². The van der Waals surface area contributed by atoms with Crippen molar-refractivity contribution in [2.45, 2.75) is 30.7 Å². The van der Waals surface area contributed by atoms with Crippen LogP contribution in [0.2, 0.25) is 0 Å². The molecule has 124 valence electrons. The summed E-state index contributed by atoms with van der Waals surface area (Å²) >= 11 is 0. The molecule has 2 atom stereocenters. The highest BCUT2D eigenvalue weighted by Crippen LogP contribution is 2.47. The number of aliphatic carboxylic acids is 1. The van der Waals surface area contributed by atoms with E-state index in [0.717, 1.165) is 12.2 Å². The number of carboxylic acids is 1. The molecule has 2 aromatic heterocycles. The monoisotopic (exact) mass is 320 g/mol. The van der Waals surface area contributed by atoms with E-state index in [1.54, 1.807) is 12.3 Å². The van der Waals surface area contributed by atoms with E-state index >= 15 is 0 Å². The quantitative estimate of drug-likeness (QED) is 0.895. The first-order chi connectivity index (χ1) is 11.0. The van der Waals surface area contributed by atoms with Crippen LogP contribution in [0.15, 0.2) is 18.5 Å². The van der Waals surface area contributed by atoms with Gasteiger partial charge in [-0.1, -0.05) is 0 Å². The molecule has 8 heteroatoms. The van der Waals surface area contributed by atoms with Crippen molar-refractivity contribution in [3.63, 3.8) is 0 Å².